The molecule has 0 spiro atoms. The van der Waals surface area contributed by atoms with Crippen molar-refractivity contribution in [3.8, 4) is 0 Å². The van der Waals surface area contributed by atoms with E-state index in [9.17, 15) is 13.2 Å². The minimum atomic E-state index is -3.38. The van der Waals surface area contributed by atoms with Crippen molar-refractivity contribution in [3.05, 3.63) is 65.7 Å². The van der Waals surface area contributed by atoms with Gasteiger partial charge in [0.05, 0.1) is 4.90 Å². The monoisotopic (exact) mass is 414 g/mol. The van der Waals surface area contributed by atoms with Crippen molar-refractivity contribution in [2.24, 2.45) is 0 Å². The molecular formula is C23H30N2O3S. The van der Waals surface area contributed by atoms with Gasteiger partial charge in [-0.05, 0) is 48.9 Å². The van der Waals surface area contributed by atoms with Crippen LogP contribution in [0.15, 0.2) is 59.5 Å². The summed E-state index contributed by atoms with van der Waals surface area (Å²) in [6.45, 7) is 4.65. The highest BCUT2D eigenvalue weighted by atomic mass is 32.2. The van der Waals surface area contributed by atoms with Crippen molar-refractivity contribution in [1.82, 2.24) is 9.21 Å². The zero-order valence-corrected chi connectivity index (χ0v) is 17.9. The maximum absolute atomic E-state index is 12.7. The van der Waals surface area contributed by atoms with Crippen molar-refractivity contribution in [3.63, 3.8) is 0 Å². The molecule has 29 heavy (non-hydrogen) atoms. The molecule has 5 nitrogen and oxygen atoms in total. The molecule has 1 amide bonds. The van der Waals surface area contributed by atoms with Crippen LogP contribution in [0.4, 0.5) is 0 Å². The maximum atomic E-state index is 12.7. The number of sulfonamides is 1. The molecule has 0 saturated carbocycles. The first-order valence-corrected chi connectivity index (χ1v) is 11.9. The summed E-state index contributed by atoms with van der Waals surface area (Å²) in [6.07, 6.45) is 3.80. The van der Waals surface area contributed by atoms with Crippen molar-refractivity contribution in [1.29, 1.82) is 0 Å². The molecule has 156 valence electrons. The Labute approximate surface area is 174 Å². The molecule has 0 radical (unpaired) electrons. The van der Waals surface area contributed by atoms with Crippen LogP contribution in [-0.2, 0) is 27.8 Å². The van der Waals surface area contributed by atoms with E-state index in [1.807, 2.05) is 47.4 Å². The van der Waals surface area contributed by atoms with Gasteiger partial charge in [-0.2, -0.15) is 4.31 Å². The molecule has 0 atom stereocenters. The molecule has 1 fully saturated rings. The highest BCUT2D eigenvalue weighted by Gasteiger charge is 2.26. The Morgan fingerprint density at radius 2 is 1.62 bits per heavy atom. The van der Waals surface area contributed by atoms with Crippen LogP contribution < -0.4 is 0 Å². The number of rotatable bonds is 9. The number of hydrogen-bond acceptors (Lipinski definition) is 3. The van der Waals surface area contributed by atoms with Gasteiger partial charge in [-0.15, -0.1) is 0 Å². The second-order valence-corrected chi connectivity index (χ2v) is 9.49. The number of nitrogens with zero attached hydrogens (tertiary/aromatic N) is 2. The maximum Gasteiger partial charge on any atom is 0.243 e. The normalized spacial score (nSPS) is 14.8. The van der Waals surface area contributed by atoms with Gasteiger partial charge in [0.1, 0.15) is 0 Å². The molecular weight excluding hydrogens is 384 g/mol. The first-order valence-electron chi connectivity index (χ1n) is 10.4. The van der Waals surface area contributed by atoms with E-state index < -0.39 is 10.0 Å². The fourth-order valence-corrected chi connectivity index (χ4v) is 5.20. The van der Waals surface area contributed by atoms with Gasteiger partial charge in [0.2, 0.25) is 15.9 Å². The van der Waals surface area contributed by atoms with Crippen LogP contribution in [-0.4, -0.2) is 43.2 Å². The van der Waals surface area contributed by atoms with Gasteiger partial charge >= 0.3 is 0 Å². The lowest BCUT2D eigenvalue weighted by Gasteiger charge is -2.22. The molecule has 3 rings (SSSR count). The van der Waals surface area contributed by atoms with E-state index in [0.717, 1.165) is 36.9 Å². The molecule has 0 unspecified atom stereocenters. The summed E-state index contributed by atoms with van der Waals surface area (Å²) in [4.78, 5) is 15.0. The molecule has 0 aromatic heterocycles. The zero-order valence-electron chi connectivity index (χ0n) is 17.1. The van der Waals surface area contributed by atoms with Crippen LogP contribution in [0, 0.1) is 0 Å². The molecule has 1 aliphatic rings. The molecule has 1 saturated heterocycles. The van der Waals surface area contributed by atoms with Crippen molar-refractivity contribution in [2.75, 3.05) is 19.6 Å². The first-order chi connectivity index (χ1) is 14.0. The van der Waals surface area contributed by atoms with Gasteiger partial charge in [0, 0.05) is 32.6 Å². The third-order valence-electron chi connectivity index (χ3n) is 5.32. The second-order valence-electron chi connectivity index (χ2n) is 7.56. The number of carbonyl (C=O) groups is 1. The highest BCUT2D eigenvalue weighted by Crippen LogP contribution is 2.21. The fourth-order valence-electron chi connectivity index (χ4n) is 3.68. The number of hydrogen-bond donors (Lipinski definition) is 0. The van der Waals surface area contributed by atoms with Crippen LogP contribution in [0.3, 0.4) is 0 Å². The van der Waals surface area contributed by atoms with Gasteiger partial charge in [0.15, 0.2) is 0 Å². The van der Waals surface area contributed by atoms with Crippen LogP contribution in [0.25, 0.3) is 0 Å². The van der Waals surface area contributed by atoms with Crippen molar-refractivity contribution in [2.45, 2.75) is 50.5 Å². The molecule has 0 bridgehead atoms. The van der Waals surface area contributed by atoms with Crippen molar-refractivity contribution < 1.29 is 13.2 Å². The zero-order chi connectivity index (χ0) is 20.7. The summed E-state index contributed by atoms with van der Waals surface area (Å²) < 4.78 is 26.8. The lowest BCUT2D eigenvalue weighted by Crippen LogP contribution is -2.31. The smallest absolute Gasteiger partial charge is 0.243 e. The van der Waals surface area contributed by atoms with E-state index in [0.29, 0.717) is 37.4 Å². The van der Waals surface area contributed by atoms with E-state index in [2.05, 4.69) is 6.92 Å². The SMILES string of the molecule is CCCN(Cc1ccccc1)C(=O)CCc1ccc(S(=O)(=O)N2CCCC2)cc1. The van der Waals surface area contributed by atoms with E-state index in [4.69, 9.17) is 0 Å². The average molecular weight is 415 g/mol. The molecule has 0 aliphatic carbocycles. The van der Waals surface area contributed by atoms with Crippen LogP contribution in [0.5, 0.6) is 0 Å². The number of aryl methyl sites for hydroxylation is 1. The van der Waals surface area contributed by atoms with Gasteiger partial charge in [-0.1, -0.05) is 49.4 Å². The largest absolute Gasteiger partial charge is 0.338 e. The summed E-state index contributed by atoms with van der Waals surface area (Å²) in [7, 11) is -3.38. The Kier molecular flexibility index (Phi) is 7.45. The highest BCUT2D eigenvalue weighted by molar-refractivity contribution is 7.89. The predicted molar refractivity (Wildman–Crippen MR) is 115 cm³/mol. The second kappa shape index (κ2) is 10.0. The van der Waals surface area contributed by atoms with Crippen LogP contribution in [0.1, 0.15) is 43.7 Å². The number of carbonyl (C=O) groups excluding carboxylic acids is 1. The van der Waals surface area contributed by atoms with Gasteiger partial charge < -0.3 is 4.90 Å². The number of benzene rings is 2. The average Bonchev–Trinajstić information content (AvgIpc) is 3.29. The molecule has 6 heteroatoms. The van der Waals surface area contributed by atoms with E-state index in [1.165, 1.54) is 0 Å². The standard InChI is InChI=1S/C23H30N2O3S/c1-2-16-24(19-21-8-4-3-5-9-21)23(26)15-12-20-10-13-22(14-11-20)29(27,28)25-17-6-7-18-25/h3-5,8-11,13-14H,2,6-7,12,15-19H2,1H3. The minimum absolute atomic E-state index is 0.129. The Morgan fingerprint density at radius 1 is 0.966 bits per heavy atom. The summed E-state index contributed by atoms with van der Waals surface area (Å²) in [5.74, 6) is 0.129. The minimum Gasteiger partial charge on any atom is -0.338 e. The first kappa shape index (κ1) is 21.5. The van der Waals surface area contributed by atoms with E-state index in [1.54, 1.807) is 16.4 Å². The molecule has 0 N–H and O–H groups in total. The van der Waals surface area contributed by atoms with Gasteiger partial charge in [0.25, 0.3) is 0 Å². The van der Waals surface area contributed by atoms with E-state index >= 15 is 0 Å². The fraction of sp³-hybridized carbons (Fsp3) is 0.435. The third-order valence-corrected chi connectivity index (χ3v) is 7.23. The number of amides is 1. The third kappa shape index (κ3) is 5.67. The lowest BCUT2D eigenvalue weighted by atomic mass is 10.1. The Hall–Kier alpha value is -2.18. The summed E-state index contributed by atoms with van der Waals surface area (Å²) >= 11 is 0. The van der Waals surface area contributed by atoms with Gasteiger partial charge in [-0.25, -0.2) is 8.42 Å². The summed E-state index contributed by atoms with van der Waals surface area (Å²) in [5.41, 5.74) is 2.11. The predicted octanol–water partition coefficient (Wildman–Crippen LogP) is 3.84. The quantitative estimate of drug-likeness (QED) is 0.626. The molecule has 1 aliphatic heterocycles. The Morgan fingerprint density at radius 3 is 2.24 bits per heavy atom. The molecule has 2 aromatic carbocycles. The Balaban J connectivity index is 1.58. The lowest BCUT2D eigenvalue weighted by molar-refractivity contribution is -0.131. The summed E-state index contributed by atoms with van der Waals surface area (Å²) in [6, 6.07) is 17.0. The van der Waals surface area contributed by atoms with Crippen LogP contribution >= 0.6 is 0 Å². The molecule has 1 heterocycles. The Bertz CT molecular complexity index is 889. The van der Waals surface area contributed by atoms with Crippen molar-refractivity contribution >= 4 is 15.9 Å². The molecule has 2 aromatic rings. The van der Waals surface area contributed by atoms with E-state index in [-0.39, 0.29) is 5.91 Å². The topological polar surface area (TPSA) is 57.7 Å². The van der Waals surface area contributed by atoms with Gasteiger partial charge in [-0.3, -0.25) is 4.79 Å². The van der Waals surface area contributed by atoms with Crippen LogP contribution in [0.2, 0.25) is 0 Å². The summed E-state index contributed by atoms with van der Waals surface area (Å²) in [5, 5.41) is 0.